The normalized spacial score (nSPS) is 18.5. The molecule has 11 heteroatoms. The van der Waals surface area contributed by atoms with E-state index in [2.05, 4.69) is 20.2 Å². The van der Waals surface area contributed by atoms with Crippen LogP contribution in [0.5, 0.6) is 5.88 Å². The number of piperidine rings is 1. The van der Waals surface area contributed by atoms with Crippen molar-refractivity contribution in [2.24, 2.45) is 0 Å². The molecule has 2 atom stereocenters. The Hall–Kier alpha value is -2.95. The Labute approximate surface area is 197 Å². The van der Waals surface area contributed by atoms with Crippen LogP contribution < -0.4 is 15.8 Å². The Bertz CT molecular complexity index is 962. The number of hydrogen-bond donors (Lipinski definition) is 2. The molecule has 0 aliphatic carbocycles. The third kappa shape index (κ3) is 6.77. The van der Waals surface area contributed by atoms with Crippen LogP contribution in [0.25, 0.3) is 0 Å². The number of amides is 1. The van der Waals surface area contributed by atoms with Crippen LogP contribution >= 0.6 is 11.6 Å². The lowest BCUT2D eigenvalue weighted by Crippen LogP contribution is -2.55. The molecule has 178 valence electrons. The van der Waals surface area contributed by atoms with Crippen molar-refractivity contribution in [3.05, 3.63) is 46.7 Å². The van der Waals surface area contributed by atoms with Gasteiger partial charge in [0.25, 0.3) is 5.91 Å². The average Bonchev–Trinajstić information content (AvgIpc) is 2.83. The Balaban J connectivity index is 1.49. The maximum absolute atomic E-state index is 12.8. The zero-order valence-corrected chi connectivity index (χ0v) is 19.4. The summed E-state index contributed by atoms with van der Waals surface area (Å²) >= 11 is 6.03. The van der Waals surface area contributed by atoms with E-state index in [4.69, 9.17) is 31.5 Å². The topological polar surface area (TPSA) is 129 Å². The standard InChI is InChI=1S/C22H28ClN5O5/c1-31-18-12-28(10-6-19(29)33-13-14-3-7-25-8-4-14)9-5-17(18)26-21(30)15-11-16(23)20(24)27-22(15)32-2/h3-4,7-8,11,17-18H,5-6,9-10,12-13H2,1-2H3,(H2,24,27)(H,26,30)/t17-,18+/m0/s1. The number of aromatic nitrogens is 2. The number of methoxy groups -OCH3 is 2. The second-order valence-electron chi connectivity index (χ2n) is 7.62. The molecule has 1 saturated heterocycles. The molecule has 1 aliphatic rings. The van der Waals surface area contributed by atoms with Crippen LogP contribution in [0.2, 0.25) is 5.02 Å². The molecule has 10 nitrogen and oxygen atoms in total. The molecule has 0 bridgehead atoms. The van der Waals surface area contributed by atoms with E-state index in [-0.39, 0.29) is 59.3 Å². The number of nitrogens with zero attached hydrogens (tertiary/aromatic N) is 3. The van der Waals surface area contributed by atoms with Gasteiger partial charge in [0.2, 0.25) is 5.88 Å². The van der Waals surface area contributed by atoms with E-state index in [0.29, 0.717) is 26.1 Å². The van der Waals surface area contributed by atoms with Crippen LogP contribution in [-0.4, -0.2) is 72.7 Å². The smallest absolute Gasteiger partial charge is 0.307 e. The highest BCUT2D eigenvalue weighted by atomic mass is 35.5. The number of nitrogens with one attached hydrogen (secondary N) is 1. The van der Waals surface area contributed by atoms with Gasteiger partial charge in [0.05, 0.1) is 30.7 Å². The van der Waals surface area contributed by atoms with E-state index in [1.807, 2.05) is 0 Å². The summed E-state index contributed by atoms with van der Waals surface area (Å²) in [6.07, 6.45) is 3.98. The molecule has 2 aromatic rings. The fourth-order valence-corrected chi connectivity index (χ4v) is 3.75. The molecule has 0 aromatic carbocycles. The van der Waals surface area contributed by atoms with Gasteiger partial charge >= 0.3 is 5.97 Å². The van der Waals surface area contributed by atoms with Gasteiger partial charge in [-0.3, -0.25) is 14.6 Å². The van der Waals surface area contributed by atoms with Gasteiger partial charge in [-0.25, -0.2) is 0 Å². The van der Waals surface area contributed by atoms with Crippen molar-refractivity contribution in [3.63, 3.8) is 0 Å². The number of likely N-dealkylation sites (tertiary alicyclic amines) is 1. The first-order chi connectivity index (χ1) is 15.9. The molecule has 1 fully saturated rings. The summed E-state index contributed by atoms with van der Waals surface area (Å²) in [4.78, 5) is 35.0. The quantitative estimate of drug-likeness (QED) is 0.518. The number of nitrogen functional groups attached to an aromatic ring is 1. The molecule has 33 heavy (non-hydrogen) atoms. The maximum atomic E-state index is 12.8. The molecule has 2 aromatic heterocycles. The first kappa shape index (κ1) is 24.7. The van der Waals surface area contributed by atoms with Gasteiger partial charge < -0.3 is 30.2 Å². The van der Waals surface area contributed by atoms with Gasteiger partial charge in [0.1, 0.15) is 18.0 Å². The second kappa shape index (κ2) is 11.8. The lowest BCUT2D eigenvalue weighted by Gasteiger charge is -2.38. The number of anilines is 1. The summed E-state index contributed by atoms with van der Waals surface area (Å²) in [5.74, 6) is -0.448. The van der Waals surface area contributed by atoms with Crippen molar-refractivity contribution in [1.29, 1.82) is 0 Å². The minimum absolute atomic E-state index is 0.0902. The molecule has 3 rings (SSSR count). The molecule has 3 N–H and O–H groups in total. The number of nitrogens with two attached hydrogens (primary N) is 1. The van der Waals surface area contributed by atoms with Crippen LogP contribution in [0, 0.1) is 0 Å². The van der Waals surface area contributed by atoms with Crippen LogP contribution in [-0.2, 0) is 20.9 Å². The molecule has 1 amide bonds. The summed E-state index contributed by atoms with van der Waals surface area (Å²) in [7, 11) is 3.00. The molecule has 3 heterocycles. The number of carbonyl (C=O) groups is 2. The number of ether oxygens (including phenoxy) is 3. The van der Waals surface area contributed by atoms with Crippen molar-refractivity contribution < 1.29 is 23.8 Å². The van der Waals surface area contributed by atoms with Crippen molar-refractivity contribution in [2.45, 2.75) is 31.6 Å². The van der Waals surface area contributed by atoms with Gasteiger partial charge in [0, 0.05) is 39.1 Å². The summed E-state index contributed by atoms with van der Waals surface area (Å²) in [6, 6.07) is 4.82. The van der Waals surface area contributed by atoms with Gasteiger partial charge in [0.15, 0.2) is 0 Å². The number of esters is 1. The second-order valence-corrected chi connectivity index (χ2v) is 8.03. The Morgan fingerprint density at radius 1 is 1.30 bits per heavy atom. The fourth-order valence-electron chi connectivity index (χ4n) is 3.60. The van der Waals surface area contributed by atoms with E-state index in [1.54, 1.807) is 31.6 Å². The van der Waals surface area contributed by atoms with Gasteiger partial charge in [-0.15, -0.1) is 0 Å². The minimum Gasteiger partial charge on any atom is -0.480 e. The predicted molar refractivity (Wildman–Crippen MR) is 122 cm³/mol. The molecular formula is C22H28ClN5O5. The summed E-state index contributed by atoms with van der Waals surface area (Å²) in [5.41, 5.74) is 6.78. The minimum atomic E-state index is -0.374. The molecule has 0 radical (unpaired) electrons. The maximum Gasteiger partial charge on any atom is 0.307 e. The highest BCUT2D eigenvalue weighted by Gasteiger charge is 2.31. The predicted octanol–water partition coefficient (Wildman–Crippen LogP) is 1.67. The van der Waals surface area contributed by atoms with E-state index in [9.17, 15) is 9.59 Å². The van der Waals surface area contributed by atoms with Crippen LogP contribution in [0.4, 0.5) is 5.82 Å². The van der Waals surface area contributed by atoms with Gasteiger partial charge in [-0.1, -0.05) is 11.6 Å². The Morgan fingerprint density at radius 2 is 2.06 bits per heavy atom. The number of halogens is 1. The summed E-state index contributed by atoms with van der Waals surface area (Å²) < 4.78 is 16.1. The van der Waals surface area contributed by atoms with Crippen molar-refractivity contribution >= 4 is 29.3 Å². The van der Waals surface area contributed by atoms with E-state index in [1.165, 1.54) is 13.2 Å². The van der Waals surface area contributed by atoms with Crippen LogP contribution in [0.15, 0.2) is 30.6 Å². The van der Waals surface area contributed by atoms with Gasteiger partial charge in [-0.2, -0.15) is 4.98 Å². The molecule has 1 aliphatic heterocycles. The van der Waals surface area contributed by atoms with Crippen molar-refractivity contribution in [1.82, 2.24) is 20.2 Å². The number of rotatable bonds is 9. The molecule has 0 saturated carbocycles. The number of carbonyl (C=O) groups excluding carboxylic acids is 2. The zero-order valence-electron chi connectivity index (χ0n) is 18.6. The summed E-state index contributed by atoms with van der Waals surface area (Å²) in [5, 5.41) is 3.15. The van der Waals surface area contributed by atoms with Crippen molar-refractivity contribution in [3.8, 4) is 5.88 Å². The molecule has 0 spiro atoms. The van der Waals surface area contributed by atoms with E-state index in [0.717, 1.165) is 5.56 Å². The number of hydrogen-bond acceptors (Lipinski definition) is 9. The Morgan fingerprint density at radius 3 is 2.76 bits per heavy atom. The lowest BCUT2D eigenvalue weighted by atomic mass is 10.0. The fraction of sp³-hybridized carbons (Fsp3) is 0.455. The molecule has 0 unspecified atom stereocenters. The SMILES string of the molecule is COc1nc(N)c(Cl)cc1C(=O)N[C@H]1CCN(CCC(=O)OCc2ccncc2)C[C@H]1OC. The largest absolute Gasteiger partial charge is 0.480 e. The molecular weight excluding hydrogens is 450 g/mol. The first-order valence-corrected chi connectivity index (χ1v) is 10.9. The monoisotopic (exact) mass is 477 g/mol. The van der Waals surface area contributed by atoms with E-state index < -0.39 is 0 Å². The van der Waals surface area contributed by atoms with Gasteiger partial charge in [-0.05, 0) is 30.2 Å². The lowest BCUT2D eigenvalue weighted by molar-refractivity contribution is -0.145. The Kier molecular flexibility index (Phi) is 8.81. The third-order valence-electron chi connectivity index (χ3n) is 5.45. The zero-order chi connectivity index (χ0) is 23.8. The first-order valence-electron chi connectivity index (χ1n) is 10.5. The van der Waals surface area contributed by atoms with Crippen LogP contribution in [0.1, 0.15) is 28.8 Å². The van der Waals surface area contributed by atoms with Crippen molar-refractivity contribution in [2.75, 3.05) is 39.6 Å². The third-order valence-corrected chi connectivity index (χ3v) is 5.75. The van der Waals surface area contributed by atoms with Crippen LogP contribution in [0.3, 0.4) is 0 Å². The summed E-state index contributed by atoms with van der Waals surface area (Å²) in [6.45, 7) is 2.03. The average molecular weight is 478 g/mol. The number of pyridine rings is 2. The van der Waals surface area contributed by atoms with E-state index >= 15 is 0 Å². The highest BCUT2D eigenvalue weighted by Crippen LogP contribution is 2.25. The highest BCUT2D eigenvalue weighted by molar-refractivity contribution is 6.33.